The van der Waals surface area contributed by atoms with E-state index in [0.29, 0.717) is 17.2 Å². The molecule has 156 valence electrons. The Hall–Kier alpha value is -2.60. The van der Waals surface area contributed by atoms with Crippen LogP contribution < -0.4 is 10.1 Å². The van der Waals surface area contributed by atoms with Crippen molar-refractivity contribution in [3.05, 3.63) is 64.9 Å². The molecule has 0 saturated heterocycles. The van der Waals surface area contributed by atoms with E-state index < -0.39 is 6.04 Å². The first-order valence-corrected chi connectivity index (χ1v) is 9.90. The lowest BCUT2D eigenvalue weighted by atomic mass is 10.1. The number of carbonyl (C=O) groups is 2. The van der Waals surface area contributed by atoms with E-state index in [9.17, 15) is 14.0 Å². The smallest absolute Gasteiger partial charge is 0.261 e. The molecule has 2 rings (SSSR count). The fourth-order valence-corrected chi connectivity index (χ4v) is 2.97. The second kappa shape index (κ2) is 10.8. The summed E-state index contributed by atoms with van der Waals surface area (Å²) in [6.45, 7) is 5.51. The predicted octanol–water partition coefficient (Wildman–Crippen LogP) is 4.19. The van der Waals surface area contributed by atoms with Gasteiger partial charge in [0.1, 0.15) is 17.6 Å². The molecule has 0 aliphatic carbocycles. The van der Waals surface area contributed by atoms with Crippen molar-refractivity contribution in [1.29, 1.82) is 0 Å². The molecular weight excluding hydrogens is 395 g/mol. The van der Waals surface area contributed by atoms with Gasteiger partial charge in [-0.1, -0.05) is 30.7 Å². The van der Waals surface area contributed by atoms with Crippen molar-refractivity contribution in [2.24, 2.45) is 0 Å². The molecule has 5 nitrogen and oxygen atoms in total. The van der Waals surface area contributed by atoms with Gasteiger partial charge < -0.3 is 15.0 Å². The highest BCUT2D eigenvalue weighted by atomic mass is 35.5. The molecule has 0 fully saturated rings. The Kier molecular flexibility index (Phi) is 8.46. The van der Waals surface area contributed by atoms with Gasteiger partial charge in [0, 0.05) is 17.6 Å². The van der Waals surface area contributed by atoms with E-state index in [1.165, 1.54) is 17.0 Å². The van der Waals surface area contributed by atoms with E-state index in [1.54, 1.807) is 36.4 Å². The number of nitrogens with one attached hydrogen (secondary N) is 1. The number of carbonyl (C=O) groups excluding carboxylic acids is 2. The summed E-state index contributed by atoms with van der Waals surface area (Å²) < 4.78 is 18.8. The van der Waals surface area contributed by atoms with Crippen LogP contribution in [0.4, 0.5) is 4.39 Å². The topological polar surface area (TPSA) is 58.6 Å². The van der Waals surface area contributed by atoms with Gasteiger partial charge in [0.2, 0.25) is 5.91 Å². The van der Waals surface area contributed by atoms with Crippen LogP contribution in [0.3, 0.4) is 0 Å². The van der Waals surface area contributed by atoms with Crippen LogP contribution in [0.1, 0.15) is 32.8 Å². The molecule has 1 atom stereocenters. The van der Waals surface area contributed by atoms with Gasteiger partial charge in [0.15, 0.2) is 6.61 Å². The third-order valence-electron chi connectivity index (χ3n) is 4.26. The maximum Gasteiger partial charge on any atom is 0.261 e. The quantitative estimate of drug-likeness (QED) is 0.661. The highest BCUT2D eigenvalue weighted by molar-refractivity contribution is 6.30. The summed E-state index contributed by atoms with van der Waals surface area (Å²) in [5.74, 6) is -0.425. The van der Waals surface area contributed by atoms with E-state index in [0.717, 1.165) is 5.56 Å². The van der Waals surface area contributed by atoms with Crippen LogP contribution in [-0.2, 0) is 16.1 Å². The fraction of sp³-hybridized carbons (Fsp3) is 0.364. The highest BCUT2D eigenvalue weighted by Crippen LogP contribution is 2.17. The molecule has 2 aromatic rings. The first-order chi connectivity index (χ1) is 13.8. The van der Waals surface area contributed by atoms with Gasteiger partial charge in [0.05, 0.1) is 0 Å². The Morgan fingerprint density at radius 1 is 1.10 bits per heavy atom. The van der Waals surface area contributed by atoms with Gasteiger partial charge in [-0.15, -0.1) is 0 Å². The van der Waals surface area contributed by atoms with Crippen molar-refractivity contribution in [1.82, 2.24) is 10.2 Å². The molecule has 2 aromatic carbocycles. The van der Waals surface area contributed by atoms with Crippen LogP contribution in [0.2, 0.25) is 5.02 Å². The predicted molar refractivity (Wildman–Crippen MR) is 111 cm³/mol. The summed E-state index contributed by atoms with van der Waals surface area (Å²) in [7, 11) is 0. The molecule has 0 aromatic heterocycles. The molecule has 0 aliphatic rings. The summed E-state index contributed by atoms with van der Waals surface area (Å²) >= 11 is 5.86. The average Bonchev–Trinajstić information content (AvgIpc) is 2.68. The molecule has 29 heavy (non-hydrogen) atoms. The number of hydrogen-bond acceptors (Lipinski definition) is 3. The van der Waals surface area contributed by atoms with E-state index in [4.69, 9.17) is 16.3 Å². The minimum Gasteiger partial charge on any atom is -0.484 e. The lowest BCUT2D eigenvalue weighted by molar-refractivity contribution is -0.143. The largest absolute Gasteiger partial charge is 0.484 e. The molecule has 1 unspecified atom stereocenters. The van der Waals surface area contributed by atoms with Gasteiger partial charge in [0.25, 0.3) is 5.91 Å². The zero-order valence-corrected chi connectivity index (χ0v) is 17.6. The van der Waals surface area contributed by atoms with Crippen molar-refractivity contribution in [2.45, 2.75) is 45.8 Å². The summed E-state index contributed by atoms with van der Waals surface area (Å²) in [5.41, 5.74) is 0.724. The molecular formula is C22H26ClFN2O3. The highest BCUT2D eigenvalue weighted by Gasteiger charge is 2.29. The molecule has 0 spiro atoms. The second-order valence-corrected chi connectivity index (χ2v) is 7.41. The lowest BCUT2D eigenvalue weighted by Crippen LogP contribution is -2.51. The fourth-order valence-electron chi connectivity index (χ4n) is 2.85. The number of halogens is 2. The number of hydrogen-bond donors (Lipinski definition) is 1. The third-order valence-corrected chi connectivity index (χ3v) is 4.51. The average molecular weight is 421 g/mol. The standard InChI is InChI=1S/C22H26ClFN2O3/c1-4-20(22(28)25-15(2)3)26(13-16-5-9-18(24)10-6-16)21(27)14-29-19-11-7-17(23)8-12-19/h5-12,15,20H,4,13-14H2,1-3H3,(H,25,28). The maximum absolute atomic E-state index is 13.2. The SMILES string of the molecule is CCC(C(=O)NC(C)C)N(Cc1ccc(F)cc1)C(=O)COc1ccc(Cl)cc1. The van der Waals surface area contributed by atoms with Gasteiger partial charge >= 0.3 is 0 Å². The van der Waals surface area contributed by atoms with Crippen LogP contribution in [-0.4, -0.2) is 35.4 Å². The van der Waals surface area contributed by atoms with Crippen molar-refractivity contribution < 1.29 is 18.7 Å². The van der Waals surface area contributed by atoms with Crippen molar-refractivity contribution >= 4 is 23.4 Å². The monoisotopic (exact) mass is 420 g/mol. The molecule has 2 amide bonds. The number of nitrogens with zero attached hydrogens (tertiary/aromatic N) is 1. The summed E-state index contributed by atoms with van der Waals surface area (Å²) in [4.78, 5) is 27.1. The Morgan fingerprint density at radius 3 is 2.28 bits per heavy atom. The molecule has 7 heteroatoms. The summed E-state index contributed by atoms with van der Waals surface area (Å²) in [6, 6.07) is 11.8. The first kappa shape index (κ1) is 22.7. The molecule has 1 N–H and O–H groups in total. The number of rotatable bonds is 9. The normalized spacial score (nSPS) is 11.8. The van der Waals surface area contributed by atoms with Crippen molar-refractivity contribution in [3.63, 3.8) is 0 Å². The second-order valence-electron chi connectivity index (χ2n) is 6.98. The molecule has 0 heterocycles. The maximum atomic E-state index is 13.2. The van der Waals surface area contributed by atoms with Gasteiger partial charge in [-0.3, -0.25) is 9.59 Å². The number of amides is 2. The summed E-state index contributed by atoms with van der Waals surface area (Å²) in [6.07, 6.45) is 0.437. The Labute approximate surface area is 175 Å². The van der Waals surface area contributed by atoms with Gasteiger partial charge in [-0.2, -0.15) is 0 Å². The van der Waals surface area contributed by atoms with E-state index >= 15 is 0 Å². The van der Waals surface area contributed by atoms with Crippen molar-refractivity contribution in [3.8, 4) is 5.75 Å². The van der Waals surface area contributed by atoms with Crippen LogP contribution in [0.15, 0.2) is 48.5 Å². The number of benzene rings is 2. The van der Waals surface area contributed by atoms with Crippen LogP contribution in [0.5, 0.6) is 5.75 Å². The summed E-state index contributed by atoms with van der Waals surface area (Å²) in [5, 5.41) is 3.42. The van der Waals surface area contributed by atoms with Crippen LogP contribution in [0.25, 0.3) is 0 Å². The zero-order valence-electron chi connectivity index (χ0n) is 16.8. The molecule has 0 aliphatic heterocycles. The Bertz CT molecular complexity index is 810. The van der Waals surface area contributed by atoms with Crippen molar-refractivity contribution in [2.75, 3.05) is 6.61 Å². The van der Waals surface area contributed by atoms with Gasteiger partial charge in [-0.25, -0.2) is 4.39 Å². The molecule has 0 radical (unpaired) electrons. The number of ether oxygens (including phenoxy) is 1. The lowest BCUT2D eigenvalue weighted by Gasteiger charge is -2.31. The van der Waals surface area contributed by atoms with E-state index in [2.05, 4.69) is 5.32 Å². The third kappa shape index (κ3) is 7.06. The zero-order chi connectivity index (χ0) is 21.4. The van der Waals surface area contributed by atoms with Gasteiger partial charge in [-0.05, 0) is 62.2 Å². The minimum atomic E-state index is -0.663. The van der Waals surface area contributed by atoms with E-state index in [-0.39, 0.29) is 36.8 Å². The van der Waals surface area contributed by atoms with Crippen LogP contribution in [0, 0.1) is 5.82 Å². The Balaban J connectivity index is 2.18. The molecule has 0 bridgehead atoms. The first-order valence-electron chi connectivity index (χ1n) is 9.52. The van der Waals surface area contributed by atoms with E-state index in [1.807, 2.05) is 20.8 Å². The molecule has 0 saturated carbocycles. The Morgan fingerprint density at radius 2 is 1.72 bits per heavy atom. The minimum absolute atomic E-state index is 0.0513. The van der Waals surface area contributed by atoms with Crippen LogP contribution >= 0.6 is 11.6 Å².